The minimum absolute atomic E-state index is 0.0429. The topological polar surface area (TPSA) is 41.6 Å². The Balaban J connectivity index is 2.13. The predicted molar refractivity (Wildman–Crippen MR) is 53.0 cm³/mol. The molecule has 0 aromatic heterocycles. The first kappa shape index (κ1) is 9.93. The first-order valence-electron chi connectivity index (χ1n) is 5.34. The molecular weight excluding hydrogens is 180 g/mol. The van der Waals surface area contributed by atoms with Crippen LogP contribution in [0.2, 0.25) is 0 Å². The minimum Gasteiger partial charge on any atom is -0.468 e. The molecular formula is C10H18N2O2. The van der Waals surface area contributed by atoms with Gasteiger partial charge in [0.2, 0.25) is 0 Å². The number of hydrogen-bond acceptors (Lipinski definition) is 4. The fourth-order valence-electron chi connectivity index (χ4n) is 2.42. The first-order valence-corrected chi connectivity index (χ1v) is 5.34. The molecule has 0 bridgehead atoms. The average molecular weight is 198 g/mol. The molecule has 4 heteroatoms. The maximum atomic E-state index is 11.8. The second kappa shape index (κ2) is 3.87. The van der Waals surface area contributed by atoms with Crippen LogP contribution in [0.15, 0.2) is 0 Å². The molecule has 14 heavy (non-hydrogen) atoms. The van der Waals surface area contributed by atoms with Crippen molar-refractivity contribution in [1.29, 1.82) is 0 Å². The number of methoxy groups -OCH3 is 1. The lowest BCUT2D eigenvalue weighted by Crippen LogP contribution is -2.63. The Morgan fingerprint density at radius 2 is 2.00 bits per heavy atom. The van der Waals surface area contributed by atoms with Crippen LogP contribution in [0.5, 0.6) is 0 Å². The van der Waals surface area contributed by atoms with E-state index in [-0.39, 0.29) is 11.5 Å². The van der Waals surface area contributed by atoms with Gasteiger partial charge in [0.25, 0.3) is 0 Å². The Bertz CT molecular complexity index is 220. The van der Waals surface area contributed by atoms with Crippen molar-refractivity contribution in [1.82, 2.24) is 10.2 Å². The third-order valence-corrected chi connectivity index (χ3v) is 3.46. The zero-order chi connectivity index (χ0) is 10.0. The third-order valence-electron chi connectivity index (χ3n) is 3.46. The SMILES string of the molecule is COC(=O)C1(N2CCC2)CCNCC1. The van der Waals surface area contributed by atoms with Crippen molar-refractivity contribution >= 4 is 5.97 Å². The van der Waals surface area contributed by atoms with Gasteiger partial charge in [-0.15, -0.1) is 0 Å². The molecule has 0 unspecified atom stereocenters. The van der Waals surface area contributed by atoms with Crippen molar-refractivity contribution < 1.29 is 9.53 Å². The van der Waals surface area contributed by atoms with Gasteiger partial charge in [0.05, 0.1) is 7.11 Å². The van der Waals surface area contributed by atoms with Crippen molar-refractivity contribution in [2.75, 3.05) is 33.3 Å². The summed E-state index contributed by atoms with van der Waals surface area (Å²) in [4.78, 5) is 14.1. The molecule has 4 nitrogen and oxygen atoms in total. The van der Waals surface area contributed by atoms with Crippen LogP contribution in [0.3, 0.4) is 0 Å². The van der Waals surface area contributed by atoms with Gasteiger partial charge in [0, 0.05) is 13.1 Å². The molecule has 2 saturated heterocycles. The van der Waals surface area contributed by atoms with Crippen LogP contribution >= 0.6 is 0 Å². The molecule has 2 fully saturated rings. The fourth-order valence-corrected chi connectivity index (χ4v) is 2.42. The second-order valence-electron chi connectivity index (χ2n) is 4.11. The normalized spacial score (nSPS) is 26.6. The van der Waals surface area contributed by atoms with Crippen LogP contribution in [0.1, 0.15) is 19.3 Å². The summed E-state index contributed by atoms with van der Waals surface area (Å²) in [5.41, 5.74) is -0.307. The number of ether oxygens (including phenoxy) is 1. The Labute approximate surface area is 84.6 Å². The fraction of sp³-hybridized carbons (Fsp3) is 0.900. The molecule has 80 valence electrons. The summed E-state index contributed by atoms with van der Waals surface area (Å²) in [7, 11) is 1.49. The number of carbonyl (C=O) groups excluding carboxylic acids is 1. The van der Waals surface area contributed by atoms with Crippen molar-refractivity contribution in [3.63, 3.8) is 0 Å². The highest BCUT2D eigenvalue weighted by Crippen LogP contribution is 2.31. The van der Waals surface area contributed by atoms with Gasteiger partial charge in [0.15, 0.2) is 0 Å². The van der Waals surface area contributed by atoms with E-state index in [9.17, 15) is 4.79 Å². The van der Waals surface area contributed by atoms with Crippen LogP contribution in [-0.4, -0.2) is 49.7 Å². The van der Waals surface area contributed by atoms with Gasteiger partial charge < -0.3 is 10.1 Å². The monoisotopic (exact) mass is 198 g/mol. The van der Waals surface area contributed by atoms with Crippen LogP contribution < -0.4 is 5.32 Å². The maximum absolute atomic E-state index is 11.8. The van der Waals surface area contributed by atoms with E-state index in [0.717, 1.165) is 39.0 Å². The van der Waals surface area contributed by atoms with Crippen molar-refractivity contribution in [3.05, 3.63) is 0 Å². The molecule has 2 aliphatic heterocycles. The van der Waals surface area contributed by atoms with E-state index in [1.807, 2.05) is 0 Å². The summed E-state index contributed by atoms with van der Waals surface area (Å²) in [6, 6.07) is 0. The number of likely N-dealkylation sites (tertiary alicyclic amines) is 1. The van der Waals surface area contributed by atoms with E-state index in [1.165, 1.54) is 13.5 Å². The van der Waals surface area contributed by atoms with Crippen molar-refractivity contribution in [2.24, 2.45) is 0 Å². The zero-order valence-corrected chi connectivity index (χ0v) is 8.71. The Morgan fingerprint density at radius 3 is 2.43 bits per heavy atom. The summed E-state index contributed by atoms with van der Waals surface area (Å²) in [5, 5.41) is 3.29. The van der Waals surface area contributed by atoms with E-state index >= 15 is 0 Å². The van der Waals surface area contributed by atoms with Crippen LogP contribution in [-0.2, 0) is 9.53 Å². The van der Waals surface area contributed by atoms with Crippen molar-refractivity contribution in [2.45, 2.75) is 24.8 Å². The van der Waals surface area contributed by atoms with Gasteiger partial charge in [-0.3, -0.25) is 9.69 Å². The zero-order valence-electron chi connectivity index (χ0n) is 8.71. The minimum atomic E-state index is -0.307. The first-order chi connectivity index (χ1) is 6.79. The summed E-state index contributed by atoms with van der Waals surface area (Å²) in [5.74, 6) is -0.0429. The molecule has 0 saturated carbocycles. The quantitative estimate of drug-likeness (QED) is 0.634. The molecule has 0 atom stereocenters. The number of carbonyl (C=O) groups is 1. The largest absolute Gasteiger partial charge is 0.468 e. The van der Waals surface area contributed by atoms with Gasteiger partial charge >= 0.3 is 5.97 Å². The van der Waals surface area contributed by atoms with E-state index in [0.29, 0.717) is 0 Å². The molecule has 0 aliphatic carbocycles. The molecule has 0 spiro atoms. The van der Waals surface area contributed by atoms with E-state index in [1.54, 1.807) is 0 Å². The Hall–Kier alpha value is -0.610. The van der Waals surface area contributed by atoms with Crippen LogP contribution in [0.25, 0.3) is 0 Å². The molecule has 0 aromatic carbocycles. The van der Waals surface area contributed by atoms with E-state index < -0.39 is 0 Å². The summed E-state index contributed by atoms with van der Waals surface area (Å²) in [6.45, 7) is 3.95. The van der Waals surface area contributed by atoms with Gasteiger partial charge in [0.1, 0.15) is 5.54 Å². The molecule has 0 amide bonds. The summed E-state index contributed by atoms with van der Waals surface area (Å²) in [6.07, 6.45) is 2.99. The molecule has 2 aliphatic rings. The number of hydrogen-bond donors (Lipinski definition) is 1. The predicted octanol–water partition coefficient (Wildman–Crippen LogP) is -0.0127. The van der Waals surface area contributed by atoms with Gasteiger partial charge in [-0.25, -0.2) is 0 Å². The van der Waals surface area contributed by atoms with E-state index in [2.05, 4.69) is 10.2 Å². The molecule has 1 N–H and O–H groups in total. The maximum Gasteiger partial charge on any atom is 0.326 e. The third kappa shape index (κ3) is 1.42. The smallest absolute Gasteiger partial charge is 0.326 e. The van der Waals surface area contributed by atoms with Crippen LogP contribution in [0.4, 0.5) is 0 Å². The number of nitrogens with zero attached hydrogens (tertiary/aromatic N) is 1. The van der Waals surface area contributed by atoms with Gasteiger partial charge in [-0.05, 0) is 32.4 Å². The number of rotatable bonds is 2. The number of nitrogens with one attached hydrogen (secondary N) is 1. The summed E-state index contributed by atoms with van der Waals surface area (Å²) >= 11 is 0. The number of esters is 1. The Morgan fingerprint density at radius 1 is 1.36 bits per heavy atom. The summed E-state index contributed by atoms with van der Waals surface area (Å²) < 4.78 is 4.94. The number of piperidine rings is 1. The van der Waals surface area contributed by atoms with Crippen molar-refractivity contribution in [3.8, 4) is 0 Å². The van der Waals surface area contributed by atoms with Gasteiger partial charge in [-0.1, -0.05) is 0 Å². The highest BCUT2D eigenvalue weighted by Gasteiger charge is 2.47. The lowest BCUT2D eigenvalue weighted by atomic mass is 9.84. The van der Waals surface area contributed by atoms with Gasteiger partial charge in [-0.2, -0.15) is 0 Å². The lowest BCUT2D eigenvalue weighted by molar-refractivity contribution is -0.161. The van der Waals surface area contributed by atoms with Crippen LogP contribution in [0, 0.1) is 0 Å². The highest BCUT2D eigenvalue weighted by molar-refractivity contribution is 5.81. The molecule has 0 radical (unpaired) electrons. The second-order valence-corrected chi connectivity index (χ2v) is 4.11. The Kier molecular flexibility index (Phi) is 2.74. The molecule has 2 heterocycles. The molecule has 2 rings (SSSR count). The lowest BCUT2D eigenvalue weighted by Gasteiger charge is -2.48. The standard InChI is InChI=1S/C10H18N2O2/c1-14-9(13)10(12-7-2-8-12)3-5-11-6-4-10/h11H,2-8H2,1H3. The molecule has 0 aromatic rings. The highest BCUT2D eigenvalue weighted by atomic mass is 16.5. The average Bonchev–Trinajstić information content (AvgIpc) is 2.15. The van der Waals surface area contributed by atoms with E-state index in [4.69, 9.17) is 4.74 Å².